The molecule has 0 bridgehead atoms. The van der Waals surface area contributed by atoms with Crippen LogP contribution in [0.15, 0.2) is 0 Å². The molecule has 0 aromatic heterocycles. The molecule has 0 radical (unpaired) electrons. The Bertz CT molecular complexity index is 90.4. The van der Waals surface area contributed by atoms with Crippen LogP contribution in [0.3, 0.4) is 0 Å². The highest BCUT2D eigenvalue weighted by Crippen LogP contribution is 2.15. The van der Waals surface area contributed by atoms with Crippen LogP contribution < -0.4 is 0 Å². The van der Waals surface area contributed by atoms with Crippen molar-refractivity contribution < 1.29 is 0 Å². The second-order valence-electron chi connectivity index (χ2n) is 4.12. The normalized spacial score (nSPS) is 24.0. The summed E-state index contributed by atoms with van der Waals surface area (Å²) >= 11 is 10.7. The number of rotatable bonds is 0. The molecule has 1 fully saturated rings. The van der Waals surface area contributed by atoms with Crippen LogP contribution >= 0.6 is 58.8 Å². The molecule has 0 nitrogen and oxygen atoms in total. The van der Waals surface area contributed by atoms with E-state index in [1.165, 1.54) is 76.8 Å². The summed E-state index contributed by atoms with van der Waals surface area (Å²) in [5, 5.41) is 0. The van der Waals surface area contributed by atoms with Gasteiger partial charge in [0.25, 0.3) is 0 Å². The summed E-state index contributed by atoms with van der Waals surface area (Å²) in [6, 6.07) is 0. The molecule has 0 N–H and O–H groups in total. The molecule has 18 heavy (non-hydrogen) atoms. The van der Waals surface area contributed by atoms with Crippen molar-refractivity contribution in [1.82, 2.24) is 0 Å². The van der Waals surface area contributed by atoms with Crippen LogP contribution in [0.2, 0.25) is 0 Å². The summed E-state index contributed by atoms with van der Waals surface area (Å²) < 4.78 is 0. The van der Waals surface area contributed by atoms with Crippen LogP contribution in [0.25, 0.3) is 0 Å². The maximum Gasteiger partial charge on any atom is 0.00238 e. The van der Waals surface area contributed by atoms with Gasteiger partial charge >= 0.3 is 0 Å². The molecule has 1 aliphatic heterocycles. The van der Waals surface area contributed by atoms with Gasteiger partial charge in [-0.2, -0.15) is 58.8 Å². The lowest BCUT2D eigenvalue weighted by Crippen LogP contribution is -1.95. The topological polar surface area (TPSA) is 0 Å². The summed E-state index contributed by atoms with van der Waals surface area (Å²) in [5.74, 6) is 13.6. The lowest BCUT2D eigenvalue weighted by molar-refractivity contribution is 0.786. The van der Waals surface area contributed by atoms with E-state index in [-0.39, 0.29) is 0 Å². The smallest absolute Gasteiger partial charge is 0.00238 e. The third-order valence-electron chi connectivity index (χ3n) is 2.57. The third-order valence-corrected chi connectivity index (χ3v) is 8.70. The molecule has 1 heterocycles. The first-order valence-corrected chi connectivity index (χ1v) is 12.7. The van der Waals surface area contributed by atoms with Gasteiger partial charge in [-0.3, -0.25) is 0 Å². The largest absolute Gasteiger partial charge is 0.161 e. The quantitative estimate of drug-likeness (QED) is 0.616. The average molecular weight is 343 g/mol. The first-order valence-electron chi connectivity index (χ1n) is 6.89. The summed E-state index contributed by atoms with van der Waals surface area (Å²) in [4.78, 5) is 0. The van der Waals surface area contributed by atoms with E-state index in [1.807, 2.05) is 0 Å². The minimum Gasteiger partial charge on any atom is -0.161 e. The Morgan fingerprint density at radius 1 is 0.278 bits per heavy atom. The molecule has 1 aliphatic rings. The molecule has 0 atom stereocenters. The van der Waals surface area contributed by atoms with Gasteiger partial charge in [0, 0.05) is 46.0 Å². The van der Waals surface area contributed by atoms with Gasteiger partial charge in [0.1, 0.15) is 0 Å². The van der Waals surface area contributed by atoms with Gasteiger partial charge in [0.15, 0.2) is 0 Å². The van der Waals surface area contributed by atoms with Crippen LogP contribution in [-0.4, -0.2) is 57.5 Å². The van der Waals surface area contributed by atoms with E-state index in [1.54, 1.807) is 0 Å². The van der Waals surface area contributed by atoms with Crippen molar-refractivity contribution >= 4 is 58.8 Å². The van der Waals surface area contributed by atoms with Gasteiger partial charge in [-0.05, 0) is 24.3 Å². The van der Waals surface area contributed by atoms with E-state index in [2.05, 4.69) is 58.8 Å². The fourth-order valence-corrected chi connectivity index (χ4v) is 7.18. The molecule has 0 aromatic rings. The third kappa shape index (κ3) is 12.8. The fourth-order valence-electron chi connectivity index (χ4n) is 1.57. The monoisotopic (exact) mass is 342 g/mol. The van der Waals surface area contributed by atoms with Gasteiger partial charge in [0.2, 0.25) is 0 Å². The minimum atomic E-state index is 1.35. The number of hydrogen-bond acceptors (Lipinski definition) is 5. The molecule has 0 aliphatic carbocycles. The Balaban J connectivity index is 2.00. The van der Waals surface area contributed by atoms with Crippen LogP contribution in [0.5, 0.6) is 0 Å². The molecular weight excluding hydrogens is 316 g/mol. The zero-order valence-electron chi connectivity index (χ0n) is 11.2. The maximum absolute atomic E-state index is 2.16. The molecule has 0 saturated carbocycles. The standard InChI is InChI=1S/C13H26S5/c1-2-4-14-6-8-16-10-12-18-13-11-17-9-7-15-5-3-1/h1-13H2. The van der Waals surface area contributed by atoms with Crippen molar-refractivity contribution in [3.8, 4) is 0 Å². The SMILES string of the molecule is C1CCSCCSCCSCCSCCSCC1. The van der Waals surface area contributed by atoms with Gasteiger partial charge < -0.3 is 0 Å². The fraction of sp³-hybridized carbons (Fsp3) is 1.00. The molecule has 0 spiro atoms. The molecule has 1 saturated heterocycles. The summed E-state index contributed by atoms with van der Waals surface area (Å²) in [6.45, 7) is 0. The highest BCUT2D eigenvalue weighted by molar-refractivity contribution is 8.05. The molecule has 0 amide bonds. The van der Waals surface area contributed by atoms with Crippen LogP contribution in [0, 0.1) is 0 Å². The van der Waals surface area contributed by atoms with Crippen molar-refractivity contribution in [3.05, 3.63) is 0 Å². The lowest BCUT2D eigenvalue weighted by atomic mass is 10.3. The number of thioether (sulfide) groups is 5. The van der Waals surface area contributed by atoms with Crippen molar-refractivity contribution in [1.29, 1.82) is 0 Å². The van der Waals surface area contributed by atoms with E-state index >= 15 is 0 Å². The molecule has 108 valence electrons. The van der Waals surface area contributed by atoms with Crippen LogP contribution in [0.1, 0.15) is 19.3 Å². The highest BCUT2D eigenvalue weighted by Gasteiger charge is 1.96. The van der Waals surface area contributed by atoms with Crippen molar-refractivity contribution in [2.24, 2.45) is 0 Å². The van der Waals surface area contributed by atoms with Crippen molar-refractivity contribution in [2.45, 2.75) is 19.3 Å². The Labute approximate surface area is 135 Å². The van der Waals surface area contributed by atoms with Crippen molar-refractivity contribution in [3.63, 3.8) is 0 Å². The van der Waals surface area contributed by atoms with E-state index in [0.29, 0.717) is 0 Å². The maximum atomic E-state index is 2.16. The molecule has 0 unspecified atom stereocenters. The second-order valence-corrected chi connectivity index (χ2v) is 10.2. The molecule has 1 rings (SSSR count). The average Bonchev–Trinajstić information content (AvgIpc) is 2.39. The zero-order chi connectivity index (χ0) is 12.7. The first kappa shape index (κ1) is 17.8. The van der Waals surface area contributed by atoms with E-state index < -0.39 is 0 Å². The second kappa shape index (κ2) is 15.1. The summed E-state index contributed by atoms with van der Waals surface area (Å²) in [7, 11) is 0. The number of hydrogen-bond donors (Lipinski definition) is 0. The van der Waals surface area contributed by atoms with Gasteiger partial charge in [-0.15, -0.1) is 0 Å². The molecular formula is C13H26S5. The van der Waals surface area contributed by atoms with Crippen molar-refractivity contribution in [2.75, 3.05) is 57.5 Å². The zero-order valence-corrected chi connectivity index (χ0v) is 15.3. The van der Waals surface area contributed by atoms with Gasteiger partial charge in [-0.1, -0.05) is 6.42 Å². The van der Waals surface area contributed by atoms with E-state index in [0.717, 1.165) is 0 Å². The predicted molar refractivity (Wildman–Crippen MR) is 100 cm³/mol. The minimum absolute atomic E-state index is 1.35. The summed E-state index contributed by atoms with van der Waals surface area (Å²) in [6.07, 6.45) is 4.30. The van der Waals surface area contributed by atoms with E-state index in [9.17, 15) is 0 Å². The Hall–Kier alpha value is 1.75. The molecule has 5 heteroatoms. The van der Waals surface area contributed by atoms with Crippen LogP contribution in [-0.2, 0) is 0 Å². The van der Waals surface area contributed by atoms with Gasteiger partial charge in [0.05, 0.1) is 0 Å². The van der Waals surface area contributed by atoms with Gasteiger partial charge in [-0.25, -0.2) is 0 Å². The molecule has 0 aromatic carbocycles. The first-order chi connectivity index (χ1) is 9.00. The van der Waals surface area contributed by atoms with Crippen LogP contribution in [0.4, 0.5) is 0 Å². The summed E-state index contributed by atoms with van der Waals surface area (Å²) in [5.41, 5.74) is 0. The van der Waals surface area contributed by atoms with E-state index in [4.69, 9.17) is 0 Å². The Morgan fingerprint density at radius 3 is 0.889 bits per heavy atom. The Kier molecular flexibility index (Phi) is 15.0. The Morgan fingerprint density at radius 2 is 0.556 bits per heavy atom. The highest BCUT2D eigenvalue weighted by atomic mass is 32.2. The lowest BCUT2D eigenvalue weighted by Gasteiger charge is -2.05. The predicted octanol–water partition coefficient (Wildman–Crippen LogP) is 4.84.